The van der Waals surface area contributed by atoms with Crippen molar-refractivity contribution in [3.63, 3.8) is 0 Å². The quantitative estimate of drug-likeness (QED) is 0.788. The molecule has 1 saturated heterocycles. The summed E-state index contributed by atoms with van der Waals surface area (Å²) in [4.78, 5) is 13.3. The van der Waals surface area contributed by atoms with E-state index >= 15 is 0 Å². The van der Waals surface area contributed by atoms with E-state index in [2.05, 4.69) is 4.72 Å². The maximum atomic E-state index is 12.4. The molecule has 3 N–H and O–H groups in total. The molecule has 0 bridgehead atoms. The summed E-state index contributed by atoms with van der Waals surface area (Å²) in [6, 6.07) is 11.1. The molecule has 26 heavy (non-hydrogen) atoms. The molecule has 1 aliphatic heterocycles. The maximum absolute atomic E-state index is 12.4. The van der Waals surface area contributed by atoms with Crippen LogP contribution in [0, 0.1) is 0 Å². The second kappa shape index (κ2) is 6.71. The molecule has 8 nitrogen and oxygen atoms in total. The fourth-order valence-electron chi connectivity index (χ4n) is 2.65. The molecule has 3 rings (SSSR count). The number of nitrogens with one attached hydrogen (secondary N) is 1. The number of amides is 1. The van der Waals surface area contributed by atoms with Crippen molar-refractivity contribution in [2.75, 3.05) is 16.2 Å². The zero-order valence-electron chi connectivity index (χ0n) is 13.6. The number of nitrogens with two attached hydrogens (primary N) is 1. The van der Waals surface area contributed by atoms with E-state index in [1.807, 2.05) is 0 Å². The number of benzene rings is 2. The lowest BCUT2D eigenvalue weighted by Crippen LogP contribution is -2.23. The van der Waals surface area contributed by atoms with E-state index in [0.29, 0.717) is 18.7 Å². The van der Waals surface area contributed by atoms with Crippen molar-refractivity contribution in [3.8, 4) is 0 Å². The van der Waals surface area contributed by atoms with Gasteiger partial charge in [-0.3, -0.25) is 9.52 Å². The molecule has 2 aromatic rings. The largest absolute Gasteiger partial charge is 0.312 e. The Labute approximate surface area is 151 Å². The summed E-state index contributed by atoms with van der Waals surface area (Å²) in [5, 5.41) is 5.01. The first kappa shape index (κ1) is 18.4. The number of rotatable bonds is 5. The number of hydrogen-bond acceptors (Lipinski definition) is 5. The minimum atomic E-state index is -3.85. The van der Waals surface area contributed by atoms with Gasteiger partial charge in [0.15, 0.2) is 0 Å². The molecule has 0 radical (unpaired) electrons. The summed E-state index contributed by atoms with van der Waals surface area (Å²) in [5.74, 6) is 0.0219. The third-order valence-corrected chi connectivity index (χ3v) is 6.29. The van der Waals surface area contributed by atoms with Gasteiger partial charge in [-0.05, 0) is 55.0 Å². The van der Waals surface area contributed by atoms with Gasteiger partial charge in [-0.15, -0.1) is 0 Å². The van der Waals surface area contributed by atoms with Crippen LogP contribution in [0.15, 0.2) is 58.3 Å². The molecule has 1 amide bonds. The van der Waals surface area contributed by atoms with Crippen LogP contribution in [-0.2, 0) is 24.8 Å². The molecule has 0 unspecified atom stereocenters. The molecule has 1 heterocycles. The SMILES string of the molecule is NS(=O)(=O)c1ccc(NS(=O)(=O)c2ccc(N3CCCC3=O)cc2)cc1. The molecule has 10 heteroatoms. The monoisotopic (exact) mass is 395 g/mol. The lowest BCUT2D eigenvalue weighted by Gasteiger charge is -2.16. The van der Waals surface area contributed by atoms with Crippen LogP contribution in [0.2, 0.25) is 0 Å². The number of carbonyl (C=O) groups is 1. The summed E-state index contributed by atoms with van der Waals surface area (Å²) in [7, 11) is -7.69. The number of anilines is 2. The third-order valence-electron chi connectivity index (χ3n) is 3.97. The molecule has 0 aliphatic carbocycles. The van der Waals surface area contributed by atoms with Crippen LogP contribution in [-0.4, -0.2) is 29.3 Å². The van der Waals surface area contributed by atoms with Crippen LogP contribution in [0.4, 0.5) is 11.4 Å². The molecule has 2 aromatic carbocycles. The van der Waals surface area contributed by atoms with Crippen LogP contribution in [0.3, 0.4) is 0 Å². The Hall–Kier alpha value is -2.43. The summed E-state index contributed by atoms with van der Waals surface area (Å²) >= 11 is 0. The van der Waals surface area contributed by atoms with E-state index in [0.717, 1.165) is 6.42 Å². The van der Waals surface area contributed by atoms with E-state index in [1.165, 1.54) is 36.4 Å². The van der Waals surface area contributed by atoms with Gasteiger partial charge in [0.2, 0.25) is 15.9 Å². The second-order valence-corrected chi connectivity index (χ2v) is 9.06. The topological polar surface area (TPSA) is 127 Å². The van der Waals surface area contributed by atoms with Crippen molar-refractivity contribution >= 4 is 37.3 Å². The van der Waals surface area contributed by atoms with Crippen molar-refractivity contribution in [2.45, 2.75) is 22.6 Å². The first-order chi connectivity index (χ1) is 12.2. The molecule has 0 atom stereocenters. The van der Waals surface area contributed by atoms with Crippen molar-refractivity contribution in [3.05, 3.63) is 48.5 Å². The van der Waals surface area contributed by atoms with Crippen LogP contribution in [0.1, 0.15) is 12.8 Å². The minimum Gasteiger partial charge on any atom is -0.312 e. The summed E-state index contributed by atoms with van der Waals surface area (Å²) in [6.07, 6.45) is 1.28. The normalized spacial score (nSPS) is 15.3. The molecule has 0 spiro atoms. The Morgan fingerprint density at radius 2 is 1.46 bits per heavy atom. The average Bonchev–Trinajstić information content (AvgIpc) is 3.00. The van der Waals surface area contributed by atoms with Crippen LogP contribution >= 0.6 is 0 Å². The van der Waals surface area contributed by atoms with Crippen LogP contribution in [0.25, 0.3) is 0 Å². The van der Waals surface area contributed by atoms with Crippen LogP contribution in [0.5, 0.6) is 0 Å². The Morgan fingerprint density at radius 3 is 1.96 bits per heavy atom. The number of carbonyl (C=O) groups excluding carboxylic acids is 1. The summed E-state index contributed by atoms with van der Waals surface area (Å²) in [5.41, 5.74) is 0.861. The highest BCUT2D eigenvalue weighted by molar-refractivity contribution is 7.92. The van der Waals surface area contributed by atoms with E-state index in [4.69, 9.17) is 5.14 Å². The molecular weight excluding hydrogens is 378 g/mol. The predicted octanol–water partition coefficient (Wildman–Crippen LogP) is 1.26. The fraction of sp³-hybridized carbons (Fsp3) is 0.188. The van der Waals surface area contributed by atoms with Gasteiger partial charge in [0.05, 0.1) is 9.79 Å². The van der Waals surface area contributed by atoms with Crippen molar-refractivity contribution < 1.29 is 21.6 Å². The smallest absolute Gasteiger partial charge is 0.261 e. The van der Waals surface area contributed by atoms with Gasteiger partial charge in [-0.1, -0.05) is 0 Å². The lowest BCUT2D eigenvalue weighted by molar-refractivity contribution is -0.117. The second-order valence-electron chi connectivity index (χ2n) is 5.82. The highest BCUT2D eigenvalue weighted by Crippen LogP contribution is 2.24. The number of hydrogen-bond donors (Lipinski definition) is 2. The van der Waals surface area contributed by atoms with Gasteiger partial charge in [0, 0.05) is 24.3 Å². The molecule has 138 valence electrons. The van der Waals surface area contributed by atoms with E-state index in [1.54, 1.807) is 17.0 Å². The standard InChI is InChI=1S/C16H17N3O5S2/c17-25(21,22)14-7-3-12(4-8-14)18-26(23,24)15-9-5-13(6-10-15)19-11-1-2-16(19)20/h3-10,18H,1-2,11H2,(H2,17,21,22). The van der Waals surface area contributed by atoms with Gasteiger partial charge >= 0.3 is 0 Å². The van der Waals surface area contributed by atoms with Crippen molar-refractivity contribution in [1.82, 2.24) is 0 Å². The highest BCUT2D eigenvalue weighted by atomic mass is 32.2. The zero-order valence-corrected chi connectivity index (χ0v) is 15.3. The first-order valence-electron chi connectivity index (χ1n) is 7.73. The first-order valence-corrected chi connectivity index (χ1v) is 10.8. The Bertz CT molecular complexity index is 1030. The van der Waals surface area contributed by atoms with Crippen LogP contribution < -0.4 is 14.8 Å². The number of primary sulfonamides is 1. The van der Waals surface area contributed by atoms with Crippen molar-refractivity contribution in [1.29, 1.82) is 0 Å². The average molecular weight is 395 g/mol. The molecular formula is C16H17N3O5S2. The maximum Gasteiger partial charge on any atom is 0.261 e. The summed E-state index contributed by atoms with van der Waals surface area (Å²) < 4.78 is 49.7. The van der Waals surface area contributed by atoms with Gasteiger partial charge in [-0.2, -0.15) is 0 Å². The Morgan fingerprint density at radius 1 is 0.885 bits per heavy atom. The highest BCUT2D eigenvalue weighted by Gasteiger charge is 2.22. The number of nitrogens with zero attached hydrogens (tertiary/aromatic N) is 1. The lowest BCUT2D eigenvalue weighted by atomic mass is 10.3. The predicted molar refractivity (Wildman–Crippen MR) is 96.7 cm³/mol. The molecule has 1 fully saturated rings. The molecule has 0 saturated carbocycles. The van der Waals surface area contributed by atoms with Gasteiger partial charge in [0.1, 0.15) is 0 Å². The van der Waals surface area contributed by atoms with Gasteiger partial charge in [0.25, 0.3) is 10.0 Å². The third kappa shape index (κ3) is 3.87. The minimum absolute atomic E-state index is 0.0219. The van der Waals surface area contributed by atoms with Gasteiger partial charge < -0.3 is 4.90 Å². The summed E-state index contributed by atoms with van der Waals surface area (Å²) in [6.45, 7) is 0.625. The molecule has 0 aromatic heterocycles. The van der Waals surface area contributed by atoms with E-state index in [9.17, 15) is 21.6 Å². The zero-order chi connectivity index (χ0) is 18.9. The fourth-order valence-corrected chi connectivity index (χ4v) is 4.23. The number of sulfonamides is 2. The molecule has 1 aliphatic rings. The van der Waals surface area contributed by atoms with E-state index in [-0.39, 0.29) is 21.4 Å². The van der Waals surface area contributed by atoms with Crippen molar-refractivity contribution in [2.24, 2.45) is 5.14 Å². The van der Waals surface area contributed by atoms with E-state index < -0.39 is 20.0 Å². The Balaban J connectivity index is 1.78. The Kier molecular flexibility index (Phi) is 4.74. The van der Waals surface area contributed by atoms with Gasteiger partial charge in [-0.25, -0.2) is 22.0 Å².